The number of rotatable bonds is 6. The van der Waals surface area contributed by atoms with Crippen LogP contribution in [0.2, 0.25) is 0 Å². The van der Waals surface area contributed by atoms with Crippen LogP contribution in [0.5, 0.6) is 0 Å². The molecular formula is C12H13FN4OS. The lowest BCUT2D eigenvalue weighted by Crippen LogP contribution is -2.05. The van der Waals surface area contributed by atoms with E-state index in [1.54, 1.807) is 29.0 Å². The highest BCUT2D eigenvalue weighted by Gasteiger charge is 2.14. The largest absolute Gasteiger partial charge is 0.387 e. The van der Waals surface area contributed by atoms with Crippen molar-refractivity contribution >= 4 is 11.8 Å². The van der Waals surface area contributed by atoms with E-state index < -0.39 is 11.9 Å². The van der Waals surface area contributed by atoms with Gasteiger partial charge in [0, 0.05) is 11.3 Å². The lowest BCUT2D eigenvalue weighted by atomic mass is 10.1. The van der Waals surface area contributed by atoms with Crippen LogP contribution in [0.4, 0.5) is 4.39 Å². The molecule has 1 heterocycles. The summed E-state index contributed by atoms with van der Waals surface area (Å²) in [5.74, 6) is -0.139. The molecule has 2 rings (SSSR count). The summed E-state index contributed by atoms with van der Waals surface area (Å²) < 4.78 is 15.0. The first-order chi connectivity index (χ1) is 9.22. The molecule has 1 N–H and O–H groups in total. The zero-order valence-electron chi connectivity index (χ0n) is 10.1. The van der Waals surface area contributed by atoms with E-state index in [9.17, 15) is 9.50 Å². The molecule has 0 amide bonds. The minimum absolute atomic E-state index is 0.276. The van der Waals surface area contributed by atoms with Gasteiger partial charge in [-0.2, -0.15) is 0 Å². The van der Waals surface area contributed by atoms with E-state index >= 15 is 0 Å². The van der Waals surface area contributed by atoms with Crippen LogP contribution in [0.25, 0.3) is 0 Å². The molecule has 1 atom stereocenters. The van der Waals surface area contributed by atoms with Crippen molar-refractivity contribution in [2.75, 3.05) is 5.75 Å². The molecule has 100 valence electrons. The molecule has 0 radical (unpaired) electrons. The van der Waals surface area contributed by atoms with E-state index in [-0.39, 0.29) is 11.3 Å². The fourth-order valence-corrected chi connectivity index (χ4v) is 2.37. The maximum atomic E-state index is 13.5. The van der Waals surface area contributed by atoms with Crippen LogP contribution in [0.1, 0.15) is 11.7 Å². The summed E-state index contributed by atoms with van der Waals surface area (Å²) in [5.41, 5.74) is 0.276. The number of allylic oxidation sites excluding steroid dienone is 1. The van der Waals surface area contributed by atoms with E-state index in [0.29, 0.717) is 11.7 Å². The third-order valence-electron chi connectivity index (χ3n) is 2.44. The Morgan fingerprint density at radius 1 is 1.47 bits per heavy atom. The molecule has 0 bridgehead atoms. The van der Waals surface area contributed by atoms with Crippen LogP contribution in [0, 0.1) is 5.82 Å². The van der Waals surface area contributed by atoms with Crippen LogP contribution in [-0.2, 0) is 6.54 Å². The second-order valence-corrected chi connectivity index (χ2v) is 4.77. The van der Waals surface area contributed by atoms with Crippen molar-refractivity contribution < 1.29 is 9.50 Å². The summed E-state index contributed by atoms with van der Waals surface area (Å²) in [6.07, 6.45) is 0.772. The zero-order valence-corrected chi connectivity index (χ0v) is 10.9. The summed E-state index contributed by atoms with van der Waals surface area (Å²) in [5, 5.41) is 21.7. The van der Waals surface area contributed by atoms with Crippen molar-refractivity contribution in [3.63, 3.8) is 0 Å². The minimum Gasteiger partial charge on any atom is -0.387 e. The van der Waals surface area contributed by atoms with Gasteiger partial charge in [-0.3, -0.25) is 0 Å². The van der Waals surface area contributed by atoms with Gasteiger partial charge in [0.2, 0.25) is 5.16 Å². The maximum Gasteiger partial charge on any atom is 0.209 e. The molecule has 1 aromatic carbocycles. The molecule has 0 saturated carbocycles. The van der Waals surface area contributed by atoms with Crippen LogP contribution >= 0.6 is 11.8 Å². The molecule has 7 heteroatoms. The first-order valence-electron chi connectivity index (χ1n) is 5.64. The Balaban J connectivity index is 2.00. The molecule has 0 fully saturated rings. The number of aromatic nitrogens is 4. The number of aliphatic hydroxyl groups is 1. The van der Waals surface area contributed by atoms with Crippen molar-refractivity contribution in [3.8, 4) is 0 Å². The Kier molecular flexibility index (Phi) is 4.64. The Morgan fingerprint density at radius 2 is 2.26 bits per heavy atom. The van der Waals surface area contributed by atoms with Crippen molar-refractivity contribution in [3.05, 3.63) is 48.3 Å². The second-order valence-electron chi connectivity index (χ2n) is 3.78. The van der Waals surface area contributed by atoms with E-state index in [0.717, 1.165) is 0 Å². The first-order valence-corrected chi connectivity index (χ1v) is 6.63. The third-order valence-corrected chi connectivity index (χ3v) is 3.47. The number of halogens is 1. The number of thioether (sulfide) groups is 1. The van der Waals surface area contributed by atoms with Gasteiger partial charge in [0.1, 0.15) is 5.82 Å². The Bertz CT molecular complexity index is 560. The molecule has 1 unspecified atom stereocenters. The van der Waals surface area contributed by atoms with Crippen molar-refractivity contribution in [1.29, 1.82) is 0 Å². The molecule has 0 aliphatic carbocycles. The Labute approximate surface area is 114 Å². The lowest BCUT2D eigenvalue weighted by molar-refractivity contribution is 0.199. The summed E-state index contributed by atoms with van der Waals surface area (Å²) >= 11 is 1.27. The Hall–Kier alpha value is -1.73. The highest BCUT2D eigenvalue weighted by Crippen LogP contribution is 2.24. The van der Waals surface area contributed by atoms with Gasteiger partial charge < -0.3 is 5.11 Å². The standard InChI is InChI=1S/C12H13FN4OS/c1-2-7-17-12(14-15-16-17)19-8-11(18)9-5-3-4-6-10(9)13/h2-6,11,18H,1,7-8H2. The van der Waals surface area contributed by atoms with Gasteiger partial charge in [-0.25, -0.2) is 9.07 Å². The van der Waals surface area contributed by atoms with Gasteiger partial charge in [0.15, 0.2) is 0 Å². The maximum absolute atomic E-state index is 13.5. The third kappa shape index (κ3) is 3.39. The van der Waals surface area contributed by atoms with E-state index in [4.69, 9.17) is 0 Å². The summed E-state index contributed by atoms with van der Waals surface area (Å²) in [6, 6.07) is 6.16. The molecule has 5 nitrogen and oxygen atoms in total. The summed E-state index contributed by atoms with van der Waals surface area (Å²) in [7, 11) is 0. The van der Waals surface area contributed by atoms with E-state index in [1.165, 1.54) is 17.8 Å². The molecular weight excluding hydrogens is 267 g/mol. The minimum atomic E-state index is -0.903. The normalized spacial score (nSPS) is 12.3. The molecule has 1 aromatic heterocycles. The Morgan fingerprint density at radius 3 is 3.00 bits per heavy atom. The van der Waals surface area contributed by atoms with Crippen molar-refractivity contribution in [2.45, 2.75) is 17.8 Å². The average Bonchev–Trinajstić information content (AvgIpc) is 2.84. The molecule has 19 heavy (non-hydrogen) atoms. The number of benzene rings is 1. The molecule has 2 aromatic rings. The van der Waals surface area contributed by atoms with Crippen LogP contribution in [0.3, 0.4) is 0 Å². The van der Waals surface area contributed by atoms with Crippen molar-refractivity contribution in [2.24, 2.45) is 0 Å². The molecule has 0 aliphatic heterocycles. The second kappa shape index (κ2) is 6.44. The fourth-order valence-electron chi connectivity index (χ4n) is 1.53. The van der Waals surface area contributed by atoms with Gasteiger partial charge in [0.05, 0.1) is 12.6 Å². The van der Waals surface area contributed by atoms with Gasteiger partial charge in [0.25, 0.3) is 0 Å². The fraction of sp³-hybridized carbons (Fsp3) is 0.250. The van der Waals surface area contributed by atoms with Gasteiger partial charge in [-0.05, 0) is 16.5 Å². The lowest BCUT2D eigenvalue weighted by Gasteiger charge is -2.10. The number of hydrogen-bond acceptors (Lipinski definition) is 5. The van der Waals surface area contributed by atoms with Crippen LogP contribution < -0.4 is 0 Å². The zero-order chi connectivity index (χ0) is 13.7. The number of tetrazole rings is 1. The smallest absolute Gasteiger partial charge is 0.209 e. The van der Waals surface area contributed by atoms with Crippen LogP contribution in [-0.4, -0.2) is 31.1 Å². The number of nitrogens with zero attached hydrogens (tertiary/aromatic N) is 4. The van der Waals surface area contributed by atoms with Crippen molar-refractivity contribution in [1.82, 2.24) is 20.2 Å². The SMILES string of the molecule is C=CCn1nnnc1SCC(O)c1ccccc1F. The van der Waals surface area contributed by atoms with Gasteiger partial charge >= 0.3 is 0 Å². The molecule has 0 spiro atoms. The quantitative estimate of drug-likeness (QED) is 0.646. The van der Waals surface area contributed by atoms with Gasteiger partial charge in [-0.1, -0.05) is 36.0 Å². The van der Waals surface area contributed by atoms with Gasteiger partial charge in [-0.15, -0.1) is 11.7 Å². The number of hydrogen-bond donors (Lipinski definition) is 1. The highest BCUT2D eigenvalue weighted by molar-refractivity contribution is 7.99. The predicted octanol–water partition coefficient (Wildman–Crippen LogP) is 1.82. The highest BCUT2D eigenvalue weighted by atomic mass is 32.2. The number of aliphatic hydroxyl groups excluding tert-OH is 1. The average molecular weight is 280 g/mol. The summed E-state index contributed by atoms with van der Waals surface area (Å²) in [6.45, 7) is 4.10. The summed E-state index contributed by atoms with van der Waals surface area (Å²) in [4.78, 5) is 0. The van der Waals surface area contributed by atoms with Crippen LogP contribution in [0.15, 0.2) is 42.1 Å². The topological polar surface area (TPSA) is 63.8 Å². The molecule has 0 saturated heterocycles. The first kappa shape index (κ1) is 13.7. The monoisotopic (exact) mass is 280 g/mol. The van der Waals surface area contributed by atoms with E-state index in [2.05, 4.69) is 22.1 Å². The van der Waals surface area contributed by atoms with E-state index in [1.807, 2.05) is 0 Å². The molecule has 0 aliphatic rings. The predicted molar refractivity (Wildman–Crippen MR) is 70.1 cm³/mol.